The van der Waals surface area contributed by atoms with Crippen LogP contribution in [0.25, 0.3) is 0 Å². The fraction of sp³-hybridized carbons (Fsp3) is 0.500. The summed E-state index contributed by atoms with van der Waals surface area (Å²) in [5.74, 6) is -0.253. The minimum atomic E-state index is -0.666. The van der Waals surface area contributed by atoms with E-state index in [1.165, 1.54) is 0 Å². The number of esters is 1. The van der Waals surface area contributed by atoms with Crippen LogP contribution < -0.4 is 16.0 Å². The van der Waals surface area contributed by atoms with Crippen molar-refractivity contribution in [3.63, 3.8) is 0 Å². The maximum atomic E-state index is 13.0. The number of amides is 4. The van der Waals surface area contributed by atoms with Crippen molar-refractivity contribution >= 4 is 23.7 Å². The molecule has 1 aliphatic heterocycles. The molecule has 1 aromatic rings. The molecule has 1 aliphatic rings. The maximum absolute atomic E-state index is 13.0. The van der Waals surface area contributed by atoms with Crippen LogP contribution >= 0.6 is 0 Å². The number of urea groups is 2. The highest BCUT2D eigenvalue weighted by atomic mass is 16.5. The van der Waals surface area contributed by atoms with Gasteiger partial charge in [0, 0.05) is 24.5 Å². The van der Waals surface area contributed by atoms with E-state index in [9.17, 15) is 14.4 Å². The Balaban J connectivity index is 2.41. The molecule has 1 aromatic carbocycles. The summed E-state index contributed by atoms with van der Waals surface area (Å²) in [5.41, 5.74) is 2.24. The van der Waals surface area contributed by atoms with Gasteiger partial charge in [0.1, 0.15) is 0 Å². The van der Waals surface area contributed by atoms with E-state index >= 15 is 0 Å². The molecule has 1 heterocycles. The van der Waals surface area contributed by atoms with E-state index in [0.717, 1.165) is 6.42 Å². The predicted molar refractivity (Wildman–Crippen MR) is 116 cm³/mol. The number of anilines is 1. The number of carbonyl (C=O) groups is 3. The van der Waals surface area contributed by atoms with Crippen molar-refractivity contribution in [2.45, 2.75) is 47.1 Å². The second kappa shape index (κ2) is 10.7. The topological polar surface area (TPSA) is 99.8 Å². The first-order chi connectivity index (χ1) is 14.3. The average molecular weight is 417 g/mol. The van der Waals surface area contributed by atoms with Crippen molar-refractivity contribution in [3.8, 4) is 0 Å². The summed E-state index contributed by atoms with van der Waals surface area (Å²) in [4.78, 5) is 39.1. The van der Waals surface area contributed by atoms with Gasteiger partial charge in [0.15, 0.2) is 0 Å². The molecule has 164 valence electrons. The van der Waals surface area contributed by atoms with E-state index in [2.05, 4.69) is 16.0 Å². The van der Waals surface area contributed by atoms with Crippen LogP contribution in [0.15, 0.2) is 35.5 Å². The van der Waals surface area contributed by atoms with E-state index in [-0.39, 0.29) is 18.0 Å². The van der Waals surface area contributed by atoms with Gasteiger partial charge in [-0.15, -0.1) is 0 Å². The summed E-state index contributed by atoms with van der Waals surface area (Å²) in [6.07, 6.45) is 0.760. The lowest BCUT2D eigenvalue weighted by Gasteiger charge is -2.35. The van der Waals surface area contributed by atoms with Crippen molar-refractivity contribution in [2.75, 3.05) is 25.0 Å². The third-order valence-electron chi connectivity index (χ3n) is 4.63. The molecular weight excluding hydrogens is 384 g/mol. The lowest BCUT2D eigenvalue weighted by atomic mass is 9.94. The molecule has 0 radical (unpaired) electrons. The number of nitrogens with one attached hydrogen (secondary N) is 3. The SMILES string of the molecule is CCCN1C(=O)N[C@@H](c2cccc(NC(=O)NCC)c2)C(C(=O)OCC(C)C)=C1C. The van der Waals surface area contributed by atoms with Gasteiger partial charge in [-0.2, -0.15) is 0 Å². The highest BCUT2D eigenvalue weighted by molar-refractivity contribution is 5.95. The summed E-state index contributed by atoms with van der Waals surface area (Å²) in [5, 5.41) is 8.35. The number of rotatable bonds is 8. The quantitative estimate of drug-likeness (QED) is 0.562. The van der Waals surface area contributed by atoms with Gasteiger partial charge in [-0.1, -0.05) is 32.9 Å². The summed E-state index contributed by atoms with van der Waals surface area (Å²) in [6.45, 7) is 10.8. The third kappa shape index (κ3) is 5.75. The number of ether oxygens (including phenoxy) is 1. The first-order valence-electron chi connectivity index (χ1n) is 10.4. The molecule has 4 amide bonds. The lowest BCUT2D eigenvalue weighted by Crippen LogP contribution is -2.48. The lowest BCUT2D eigenvalue weighted by molar-refractivity contribution is -0.140. The number of hydrogen-bond acceptors (Lipinski definition) is 4. The van der Waals surface area contributed by atoms with Gasteiger partial charge in [-0.25, -0.2) is 14.4 Å². The Morgan fingerprint density at radius 1 is 1.27 bits per heavy atom. The van der Waals surface area contributed by atoms with E-state index in [4.69, 9.17) is 4.74 Å². The Morgan fingerprint density at radius 2 is 2.00 bits per heavy atom. The van der Waals surface area contributed by atoms with Crippen molar-refractivity contribution < 1.29 is 19.1 Å². The van der Waals surface area contributed by atoms with Gasteiger partial charge in [0.25, 0.3) is 0 Å². The molecule has 0 aromatic heterocycles. The van der Waals surface area contributed by atoms with Crippen molar-refractivity contribution in [2.24, 2.45) is 5.92 Å². The molecule has 0 spiro atoms. The van der Waals surface area contributed by atoms with Gasteiger partial charge in [-0.05, 0) is 43.9 Å². The standard InChI is InChI=1S/C22H32N4O4/c1-6-11-26-15(5)18(20(27)30-13-14(3)4)19(25-22(26)29)16-9-8-10-17(12-16)24-21(28)23-7-2/h8-10,12,14,19H,6-7,11,13H2,1-5H3,(H,25,29)(H2,23,24,28)/t19-/m0/s1. The molecule has 3 N–H and O–H groups in total. The number of carbonyl (C=O) groups excluding carboxylic acids is 3. The van der Waals surface area contributed by atoms with Crippen LogP contribution in [0.1, 0.15) is 52.6 Å². The highest BCUT2D eigenvalue weighted by Gasteiger charge is 2.36. The molecule has 0 saturated heterocycles. The number of benzene rings is 1. The minimum Gasteiger partial charge on any atom is -0.462 e. The Labute approximate surface area is 178 Å². The Bertz CT molecular complexity index is 819. The molecule has 0 aliphatic carbocycles. The average Bonchev–Trinajstić information content (AvgIpc) is 2.69. The smallest absolute Gasteiger partial charge is 0.338 e. The molecule has 30 heavy (non-hydrogen) atoms. The minimum absolute atomic E-state index is 0.197. The van der Waals surface area contributed by atoms with E-state index < -0.39 is 12.0 Å². The Kier molecular flexibility index (Phi) is 8.26. The van der Waals surface area contributed by atoms with Crippen LogP contribution in [-0.4, -0.2) is 42.6 Å². The summed E-state index contributed by atoms with van der Waals surface area (Å²) < 4.78 is 5.50. The van der Waals surface area contributed by atoms with Crippen LogP contribution in [0.4, 0.5) is 15.3 Å². The zero-order valence-electron chi connectivity index (χ0n) is 18.4. The van der Waals surface area contributed by atoms with Crippen LogP contribution in [0, 0.1) is 5.92 Å². The molecule has 8 nitrogen and oxygen atoms in total. The van der Waals surface area contributed by atoms with Crippen LogP contribution in [0.3, 0.4) is 0 Å². The Morgan fingerprint density at radius 3 is 2.63 bits per heavy atom. The number of hydrogen-bond donors (Lipinski definition) is 3. The zero-order valence-corrected chi connectivity index (χ0v) is 18.4. The highest BCUT2D eigenvalue weighted by Crippen LogP contribution is 2.32. The molecule has 0 fully saturated rings. The van der Waals surface area contributed by atoms with Crippen molar-refractivity contribution in [1.82, 2.24) is 15.5 Å². The summed E-state index contributed by atoms with van der Waals surface area (Å²) in [7, 11) is 0. The molecule has 0 bridgehead atoms. The maximum Gasteiger partial charge on any atom is 0.338 e. The molecule has 0 saturated carbocycles. The van der Waals surface area contributed by atoms with Crippen molar-refractivity contribution in [3.05, 3.63) is 41.1 Å². The largest absolute Gasteiger partial charge is 0.462 e. The van der Waals surface area contributed by atoms with Gasteiger partial charge in [0.2, 0.25) is 0 Å². The van der Waals surface area contributed by atoms with Crippen molar-refractivity contribution in [1.29, 1.82) is 0 Å². The van der Waals surface area contributed by atoms with E-state index in [1.807, 2.05) is 33.8 Å². The summed E-state index contributed by atoms with van der Waals surface area (Å²) >= 11 is 0. The second-order valence-corrected chi connectivity index (χ2v) is 7.64. The van der Waals surface area contributed by atoms with Gasteiger partial charge < -0.3 is 20.7 Å². The van der Waals surface area contributed by atoms with Gasteiger partial charge >= 0.3 is 18.0 Å². The fourth-order valence-corrected chi connectivity index (χ4v) is 3.24. The first-order valence-corrected chi connectivity index (χ1v) is 10.4. The van der Waals surface area contributed by atoms with Crippen LogP contribution in [-0.2, 0) is 9.53 Å². The number of allylic oxidation sites excluding steroid dienone is 1. The Hall–Kier alpha value is -3.03. The van der Waals surface area contributed by atoms with Gasteiger partial charge in [0.05, 0.1) is 18.2 Å². The fourth-order valence-electron chi connectivity index (χ4n) is 3.24. The number of nitrogens with zero attached hydrogens (tertiary/aromatic N) is 1. The monoisotopic (exact) mass is 416 g/mol. The molecule has 8 heteroatoms. The van der Waals surface area contributed by atoms with Gasteiger partial charge in [-0.3, -0.25) is 4.90 Å². The van der Waals surface area contributed by atoms with Crippen LogP contribution in [0.5, 0.6) is 0 Å². The summed E-state index contributed by atoms with van der Waals surface area (Å²) in [6, 6.07) is 5.83. The zero-order chi connectivity index (χ0) is 22.3. The second-order valence-electron chi connectivity index (χ2n) is 7.64. The van der Waals surface area contributed by atoms with E-state index in [1.54, 1.807) is 30.0 Å². The van der Waals surface area contributed by atoms with E-state index in [0.29, 0.717) is 42.2 Å². The first kappa shape index (κ1) is 23.3. The molecule has 0 unspecified atom stereocenters. The predicted octanol–water partition coefficient (Wildman–Crippen LogP) is 3.78. The normalized spacial score (nSPS) is 16.4. The van der Waals surface area contributed by atoms with Crippen LogP contribution in [0.2, 0.25) is 0 Å². The molecule has 1 atom stereocenters. The molecular formula is C22H32N4O4. The third-order valence-corrected chi connectivity index (χ3v) is 4.63. The molecule has 2 rings (SSSR count).